The molecule has 0 amide bonds. The SMILES string of the molecule is Cc1ccc(O)c(C(C)NCCc2noc(C)n2)c1. The number of aromatic nitrogens is 2. The molecule has 0 bridgehead atoms. The van der Waals surface area contributed by atoms with E-state index in [9.17, 15) is 5.11 Å². The molecule has 1 heterocycles. The van der Waals surface area contributed by atoms with Crippen LogP contribution in [-0.4, -0.2) is 21.8 Å². The van der Waals surface area contributed by atoms with Gasteiger partial charge in [0.05, 0.1) is 0 Å². The molecule has 5 nitrogen and oxygen atoms in total. The van der Waals surface area contributed by atoms with Crippen LogP contribution in [0.15, 0.2) is 22.7 Å². The fourth-order valence-corrected chi connectivity index (χ4v) is 1.97. The lowest BCUT2D eigenvalue weighted by Crippen LogP contribution is -2.21. The topological polar surface area (TPSA) is 71.2 Å². The Balaban J connectivity index is 1.90. The summed E-state index contributed by atoms with van der Waals surface area (Å²) in [6.45, 7) is 6.54. The summed E-state index contributed by atoms with van der Waals surface area (Å²) >= 11 is 0. The Labute approximate surface area is 112 Å². The van der Waals surface area contributed by atoms with Crippen LogP contribution >= 0.6 is 0 Å². The largest absolute Gasteiger partial charge is 0.508 e. The van der Waals surface area contributed by atoms with E-state index in [2.05, 4.69) is 15.5 Å². The zero-order chi connectivity index (χ0) is 13.8. The smallest absolute Gasteiger partial charge is 0.223 e. The Morgan fingerprint density at radius 2 is 2.16 bits per heavy atom. The number of aryl methyl sites for hydroxylation is 2. The van der Waals surface area contributed by atoms with Crippen LogP contribution < -0.4 is 5.32 Å². The van der Waals surface area contributed by atoms with Crippen LogP contribution in [0.5, 0.6) is 5.75 Å². The summed E-state index contributed by atoms with van der Waals surface area (Å²) in [6.07, 6.45) is 0.703. The van der Waals surface area contributed by atoms with Crippen molar-refractivity contribution in [2.45, 2.75) is 33.2 Å². The molecule has 1 unspecified atom stereocenters. The minimum Gasteiger partial charge on any atom is -0.508 e. The molecule has 102 valence electrons. The van der Waals surface area contributed by atoms with Gasteiger partial charge in [-0.3, -0.25) is 0 Å². The van der Waals surface area contributed by atoms with E-state index in [1.807, 2.05) is 26.0 Å². The molecule has 1 atom stereocenters. The van der Waals surface area contributed by atoms with Crippen molar-refractivity contribution in [3.05, 3.63) is 41.0 Å². The van der Waals surface area contributed by atoms with Crippen LogP contribution in [0, 0.1) is 13.8 Å². The lowest BCUT2D eigenvalue weighted by atomic mass is 10.0. The van der Waals surface area contributed by atoms with Crippen LogP contribution in [0.4, 0.5) is 0 Å². The highest BCUT2D eigenvalue weighted by atomic mass is 16.5. The molecule has 0 radical (unpaired) electrons. The summed E-state index contributed by atoms with van der Waals surface area (Å²) in [5.74, 6) is 1.60. The molecule has 1 aromatic heterocycles. The van der Waals surface area contributed by atoms with E-state index in [-0.39, 0.29) is 6.04 Å². The first kappa shape index (κ1) is 13.5. The maximum atomic E-state index is 9.85. The van der Waals surface area contributed by atoms with Crippen molar-refractivity contribution < 1.29 is 9.63 Å². The van der Waals surface area contributed by atoms with E-state index in [4.69, 9.17) is 4.52 Å². The third kappa shape index (κ3) is 3.54. The van der Waals surface area contributed by atoms with Gasteiger partial charge in [0.15, 0.2) is 5.82 Å². The van der Waals surface area contributed by atoms with Crippen molar-refractivity contribution in [3.8, 4) is 5.75 Å². The maximum absolute atomic E-state index is 9.85. The standard InChI is InChI=1S/C14H19N3O2/c1-9-4-5-13(18)12(8-9)10(2)15-7-6-14-16-11(3)19-17-14/h4-5,8,10,15,18H,6-7H2,1-3H3. The molecule has 0 aliphatic rings. The lowest BCUT2D eigenvalue weighted by molar-refractivity contribution is 0.386. The van der Waals surface area contributed by atoms with Gasteiger partial charge in [0.2, 0.25) is 5.89 Å². The number of benzene rings is 1. The van der Waals surface area contributed by atoms with E-state index in [0.717, 1.165) is 17.7 Å². The van der Waals surface area contributed by atoms with Gasteiger partial charge in [-0.2, -0.15) is 4.98 Å². The fourth-order valence-electron chi connectivity index (χ4n) is 1.97. The van der Waals surface area contributed by atoms with Gasteiger partial charge in [0.25, 0.3) is 0 Å². The number of phenolic OH excluding ortho intramolecular Hbond substituents is 1. The molecule has 19 heavy (non-hydrogen) atoms. The summed E-state index contributed by atoms with van der Waals surface area (Å²) in [6, 6.07) is 5.69. The summed E-state index contributed by atoms with van der Waals surface area (Å²) in [5, 5.41) is 17.0. The van der Waals surface area contributed by atoms with Crippen molar-refractivity contribution in [3.63, 3.8) is 0 Å². The highest BCUT2D eigenvalue weighted by Crippen LogP contribution is 2.24. The second kappa shape index (κ2) is 5.84. The minimum absolute atomic E-state index is 0.0768. The number of nitrogens with zero attached hydrogens (tertiary/aromatic N) is 2. The zero-order valence-corrected chi connectivity index (χ0v) is 11.5. The van der Waals surface area contributed by atoms with Crippen molar-refractivity contribution >= 4 is 0 Å². The number of rotatable bonds is 5. The third-order valence-electron chi connectivity index (χ3n) is 3.02. The summed E-state index contributed by atoms with van der Waals surface area (Å²) in [4.78, 5) is 4.14. The van der Waals surface area contributed by atoms with E-state index in [1.54, 1.807) is 13.0 Å². The first-order valence-corrected chi connectivity index (χ1v) is 6.38. The van der Waals surface area contributed by atoms with Crippen LogP contribution in [0.2, 0.25) is 0 Å². The van der Waals surface area contributed by atoms with E-state index >= 15 is 0 Å². The molecule has 1 aromatic carbocycles. The molecule has 0 saturated heterocycles. The molecule has 2 N–H and O–H groups in total. The Bertz CT molecular complexity index is 551. The maximum Gasteiger partial charge on any atom is 0.223 e. The average Bonchev–Trinajstić information content (AvgIpc) is 2.78. The average molecular weight is 261 g/mol. The zero-order valence-electron chi connectivity index (χ0n) is 11.5. The van der Waals surface area contributed by atoms with Crippen LogP contribution in [0.25, 0.3) is 0 Å². The van der Waals surface area contributed by atoms with Gasteiger partial charge >= 0.3 is 0 Å². The summed E-state index contributed by atoms with van der Waals surface area (Å²) in [7, 11) is 0. The normalized spacial score (nSPS) is 12.6. The van der Waals surface area contributed by atoms with E-state index < -0.39 is 0 Å². The quantitative estimate of drug-likeness (QED) is 0.864. The van der Waals surface area contributed by atoms with Crippen molar-refractivity contribution in [2.24, 2.45) is 0 Å². The summed E-state index contributed by atoms with van der Waals surface area (Å²) < 4.78 is 4.91. The molecule has 0 aliphatic carbocycles. The molecule has 2 rings (SSSR count). The second-order valence-corrected chi connectivity index (χ2v) is 4.72. The third-order valence-corrected chi connectivity index (χ3v) is 3.02. The van der Waals surface area contributed by atoms with Gasteiger partial charge in [0.1, 0.15) is 5.75 Å². The molecular weight excluding hydrogens is 242 g/mol. The second-order valence-electron chi connectivity index (χ2n) is 4.72. The monoisotopic (exact) mass is 261 g/mol. The molecule has 0 spiro atoms. The van der Waals surface area contributed by atoms with Crippen molar-refractivity contribution in [1.29, 1.82) is 0 Å². The summed E-state index contributed by atoms with van der Waals surface area (Å²) in [5.41, 5.74) is 2.04. The Hall–Kier alpha value is -1.88. The van der Waals surface area contributed by atoms with E-state index in [1.165, 1.54) is 0 Å². The lowest BCUT2D eigenvalue weighted by Gasteiger charge is -2.15. The first-order chi connectivity index (χ1) is 9.06. The van der Waals surface area contributed by atoms with Gasteiger partial charge < -0.3 is 14.9 Å². The number of hydrogen-bond acceptors (Lipinski definition) is 5. The first-order valence-electron chi connectivity index (χ1n) is 6.38. The van der Waals surface area contributed by atoms with Crippen LogP contribution in [0.1, 0.15) is 35.8 Å². The van der Waals surface area contributed by atoms with Gasteiger partial charge in [-0.05, 0) is 19.9 Å². The van der Waals surface area contributed by atoms with Gasteiger partial charge in [-0.15, -0.1) is 0 Å². The van der Waals surface area contributed by atoms with Crippen LogP contribution in [-0.2, 0) is 6.42 Å². The molecular formula is C14H19N3O2. The fraction of sp³-hybridized carbons (Fsp3) is 0.429. The van der Waals surface area contributed by atoms with Gasteiger partial charge in [-0.1, -0.05) is 22.9 Å². The minimum atomic E-state index is 0.0768. The Kier molecular flexibility index (Phi) is 4.16. The predicted octanol–water partition coefficient (Wildman–Crippen LogP) is 2.29. The molecule has 0 saturated carbocycles. The van der Waals surface area contributed by atoms with Gasteiger partial charge in [-0.25, -0.2) is 0 Å². The molecule has 0 fully saturated rings. The van der Waals surface area contributed by atoms with E-state index in [0.29, 0.717) is 23.9 Å². The van der Waals surface area contributed by atoms with Gasteiger partial charge in [0, 0.05) is 31.5 Å². The molecule has 5 heteroatoms. The number of hydrogen-bond donors (Lipinski definition) is 2. The van der Waals surface area contributed by atoms with Crippen LogP contribution in [0.3, 0.4) is 0 Å². The van der Waals surface area contributed by atoms with Crippen molar-refractivity contribution in [2.75, 3.05) is 6.54 Å². The number of aromatic hydroxyl groups is 1. The Morgan fingerprint density at radius 1 is 1.37 bits per heavy atom. The molecule has 2 aromatic rings. The highest BCUT2D eigenvalue weighted by Gasteiger charge is 2.10. The number of nitrogens with one attached hydrogen (secondary N) is 1. The number of phenols is 1. The predicted molar refractivity (Wildman–Crippen MR) is 72.0 cm³/mol. The Morgan fingerprint density at radius 3 is 2.84 bits per heavy atom. The molecule has 0 aliphatic heterocycles. The van der Waals surface area contributed by atoms with Crippen molar-refractivity contribution in [1.82, 2.24) is 15.5 Å². The highest BCUT2D eigenvalue weighted by molar-refractivity contribution is 5.37.